The number of fused-ring (bicyclic) bond motifs is 1. The van der Waals surface area contributed by atoms with Crippen LogP contribution in [0.3, 0.4) is 0 Å². The minimum atomic E-state index is 0.879. The summed E-state index contributed by atoms with van der Waals surface area (Å²) < 4.78 is 0. The zero-order chi connectivity index (χ0) is 9.38. The first kappa shape index (κ1) is 8.34. The molecule has 0 radical (unpaired) electrons. The van der Waals surface area contributed by atoms with E-state index in [-0.39, 0.29) is 0 Å². The summed E-state index contributed by atoms with van der Waals surface area (Å²) in [5.41, 5.74) is 4.66. The van der Waals surface area contributed by atoms with Gasteiger partial charge in [0, 0.05) is 12.2 Å². The van der Waals surface area contributed by atoms with Gasteiger partial charge >= 0.3 is 0 Å². The summed E-state index contributed by atoms with van der Waals surface area (Å²) in [5, 5.41) is 3.51. The highest BCUT2D eigenvalue weighted by molar-refractivity contribution is 5.57. The molecule has 1 aliphatic heterocycles. The molecule has 1 heteroatoms. The summed E-state index contributed by atoms with van der Waals surface area (Å²) >= 11 is 0. The lowest BCUT2D eigenvalue weighted by molar-refractivity contribution is 0.417. The Morgan fingerprint density at radius 2 is 2.07 bits per heavy atom. The highest BCUT2D eigenvalue weighted by Gasteiger charge is 2.23. The number of nitrogens with one attached hydrogen (secondary N) is 1. The van der Waals surface area contributed by atoms with Crippen LogP contribution in [-0.2, 0) is 6.42 Å². The molecule has 3 rings (SSSR count). The molecule has 1 aromatic rings. The molecule has 1 fully saturated rings. The van der Waals surface area contributed by atoms with Crippen LogP contribution in [0.15, 0.2) is 18.2 Å². The van der Waals surface area contributed by atoms with E-state index in [4.69, 9.17) is 0 Å². The van der Waals surface area contributed by atoms with Gasteiger partial charge in [0.2, 0.25) is 0 Å². The van der Waals surface area contributed by atoms with Crippen molar-refractivity contribution in [1.82, 2.24) is 0 Å². The van der Waals surface area contributed by atoms with E-state index in [1.165, 1.54) is 37.8 Å². The lowest BCUT2D eigenvalue weighted by Crippen LogP contribution is -2.17. The van der Waals surface area contributed by atoms with Crippen molar-refractivity contribution in [1.29, 1.82) is 0 Å². The summed E-state index contributed by atoms with van der Waals surface area (Å²) in [4.78, 5) is 0. The molecule has 0 spiro atoms. The van der Waals surface area contributed by atoms with E-state index in [0.717, 1.165) is 12.5 Å². The van der Waals surface area contributed by atoms with Gasteiger partial charge in [-0.25, -0.2) is 0 Å². The third-order valence-electron chi connectivity index (χ3n) is 3.68. The van der Waals surface area contributed by atoms with Crippen LogP contribution in [0.5, 0.6) is 0 Å². The monoisotopic (exact) mass is 187 g/mol. The lowest BCUT2D eigenvalue weighted by atomic mass is 9.77. The van der Waals surface area contributed by atoms with Gasteiger partial charge in [0.15, 0.2) is 0 Å². The van der Waals surface area contributed by atoms with Crippen molar-refractivity contribution in [3.63, 3.8) is 0 Å². The molecular formula is C13H17N. The van der Waals surface area contributed by atoms with E-state index < -0.39 is 0 Å². The second-order valence-corrected chi connectivity index (χ2v) is 4.53. The van der Waals surface area contributed by atoms with Gasteiger partial charge in [0.05, 0.1) is 0 Å². The zero-order valence-electron chi connectivity index (χ0n) is 8.55. The van der Waals surface area contributed by atoms with Crippen molar-refractivity contribution < 1.29 is 0 Å². The van der Waals surface area contributed by atoms with Crippen LogP contribution >= 0.6 is 0 Å². The van der Waals surface area contributed by atoms with Gasteiger partial charge in [-0.2, -0.15) is 0 Å². The van der Waals surface area contributed by atoms with Crippen LogP contribution in [0.1, 0.15) is 42.7 Å². The highest BCUT2D eigenvalue weighted by Crippen LogP contribution is 2.40. The minimum absolute atomic E-state index is 0.879. The first-order valence-corrected chi connectivity index (χ1v) is 5.81. The second-order valence-electron chi connectivity index (χ2n) is 4.53. The highest BCUT2D eigenvalue weighted by atomic mass is 14.9. The van der Waals surface area contributed by atoms with Crippen LogP contribution in [0.25, 0.3) is 0 Å². The van der Waals surface area contributed by atoms with Crippen molar-refractivity contribution in [2.75, 3.05) is 11.9 Å². The molecular weight excluding hydrogens is 170 g/mol. The first-order valence-electron chi connectivity index (χ1n) is 5.81. The fraction of sp³-hybridized carbons (Fsp3) is 0.538. The van der Waals surface area contributed by atoms with E-state index in [1.54, 1.807) is 11.1 Å². The smallest absolute Gasteiger partial charge is 0.0375 e. The number of rotatable bonds is 1. The van der Waals surface area contributed by atoms with Crippen molar-refractivity contribution >= 4 is 5.69 Å². The van der Waals surface area contributed by atoms with Crippen LogP contribution in [0.2, 0.25) is 0 Å². The van der Waals surface area contributed by atoms with E-state index in [0.29, 0.717) is 0 Å². The zero-order valence-corrected chi connectivity index (χ0v) is 8.55. The Labute approximate surface area is 85.5 Å². The molecule has 1 nitrogen and oxygen atoms in total. The van der Waals surface area contributed by atoms with Crippen LogP contribution in [0.4, 0.5) is 5.69 Å². The quantitative estimate of drug-likeness (QED) is 0.711. The molecule has 1 aromatic carbocycles. The maximum Gasteiger partial charge on any atom is 0.0375 e. The summed E-state index contributed by atoms with van der Waals surface area (Å²) in [6.07, 6.45) is 6.85. The number of hydrogen-bond acceptors (Lipinski definition) is 1. The Balaban J connectivity index is 2.01. The molecule has 1 heterocycles. The van der Waals surface area contributed by atoms with Gasteiger partial charge in [-0.1, -0.05) is 18.6 Å². The molecule has 0 aromatic heterocycles. The Bertz CT molecular complexity index is 339. The SMILES string of the molecule is c1cc2c(c(C3CCC3)c1)CCCN2. The van der Waals surface area contributed by atoms with Gasteiger partial charge in [-0.05, 0) is 48.8 Å². The summed E-state index contributed by atoms with van der Waals surface area (Å²) in [7, 11) is 0. The van der Waals surface area contributed by atoms with Gasteiger partial charge in [-0.3, -0.25) is 0 Å². The average molecular weight is 187 g/mol. The van der Waals surface area contributed by atoms with Gasteiger partial charge in [0.1, 0.15) is 0 Å². The van der Waals surface area contributed by atoms with Gasteiger partial charge in [-0.15, -0.1) is 0 Å². The predicted molar refractivity (Wildman–Crippen MR) is 59.8 cm³/mol. The van der Waals surface area contributed by atoms with E-state index >= 15 is 0 Å². The maximum absolute atomic E-state index is 3.51. The molecule has 0 amide bonds. The van der Waals surface area contributed by atoms with Crippen molar-refractivity contribution in [3.05, 3.63) is 29.3 Å². The summed E-state index contributed by atoms with van der Waals surface area (Å²) in [6, 6.07) is 6.79. The fourth-order valence-corrected chi connectivity index (χ4v) is 2.64. The lowest BCUT2D eigenvalue weighted by Gasteiger charge is -2.30. The van der Waals surface area contributed by atoms with Crippen LogP contribution < -0.4 is 5.32 Å². The van der Waals surface area contributed by atoms with Crippen molar-refractivity contribution in [3.8, 4) is 0 Å². The first-order chi connectivity index (χ1) is 6.95. The van der Waals surface area contributed by atoms with E-state index in [9.17, 15) is 0 Å². The molecule has 0 atom stereocenters. The van der Waals surface area contributed by atoms with Crippen LogP contribution in [-0.4, -0.2) is 6.54 Å². The molecule has 1 aliphatic carbocycles. The summed E-state index contributed by atoms with van der Waals surface area (Å²) in [6.45, 7) is 1.15. The standard InChI is InChI=1S/C13H17N/c1-4-10(5-1)11-6-2-8-13-12(11)7-3-9-14-13/h2,6,8,10,14H,1,3-5,7,9H2. The Morgan fingerprint density at radius 1 is 1.14 bits per heavy atom. The molecule has 1 N–H and O–H groups in total. The normalized spacial score (nSPS) is 20.9. The topological polar surface area (TPSA) is 12.0 Å². The van der Waals surface area contributed by atoms with Crippen LogP contribution in [0, 0.1) is 0 Å². The molecule has 0 unspecified atom stereocenters. The molecule has 74 valence electrons. The maximum atomic E-state index is 3.51. The largest absolute Gasteiger partial charge is 0.385 e. The predicted octanol–water partition coefficient (Wildman–Crippen LogP) is 3.31. The van der Waals surface area contributed by atoms with E-state index in [1.807, 2.05) is 0 Å². The third-order valence-corrected chi connectivity index (χ3v) is 3.68. The van der Waals surface area contributed by atoms with Gasteiger partial charge in [0.25, 0.3) is 0 Å². The summed E-state index contributed by atoms with van der Waals surface area (Å²) in [5.74, 6) is 0.879. The molecule has 0 saturated heterocycles. The Morgan fingerprint density at radius 3 is 2.86 bits per heavy atom. The number of anilines is 1. The molecule has 14 heavy (non-hydrogen) atoms. The minimum Gasteiger partial charge on any atom is -0.385 e. The van der Waals surface area contributed by atoms with Crippen molar-refractivity contribution in [2.24, 2.45) is 0 Å². The molecule has 1 saturated carbocycles. The fourth-order valence-electron chi connectivity index (χ4n) is 2.64. The number of hydrogen-bond donors (Lipinski definition) is 1. The number of benzene rings is 1. The molecule has 0 bridgehead atoms. The van der Waals surface area contributed by atoms with E-state index in [2.05, 4.69) is 23.5 Å². The third kappa shape index (κ3) is 1.23. The Hall–Kier alpha value is -0.980. The molecule has 2 aliphatic rings. The second kappa shape index (κ2) is 3.30. The van der Waals surface area contributed by atoms with Crippen molar-refractivity contribution in [2.45, 2.75) is 38.0 Å². The Kier molecular flexibility index (Phi) is 1.97. The van der Waals surface area contributed by atoms with Gasteiger partial charge < -0.3 is 5.32 Å². The average Bonchev–Trinajstić information content (AvgIpc) is 2.16.